The molecule has 2 atom stereocenters. The first kappa shape index (κ1) is 53.4. The van der Waals surface area contributed by atoms with Gasteiger partial charge in [0, 0.05) is 19.3 Å². The molecule has 0 fully saturated rings. The summed E-state index contributed by atoms with van der Waals surface area (Å²) < 4.78 is 16.7. The molecule has 326 valence electrons. The third-order valence-electron chi connectivity index (χ3n) is 11.3. The third-order valence-corrected chi connectivity index (χ3v) is 11.3. The van der Waals surface area contributed by atoms with Gasteiger partial charge in [-0.05, 0) is 31.1 Å². The van der Waals surface area contributed by atoms with Crippen molar-refractivity contribution >= 4 is 17.9 Å². The predicted molar refractivity (Wildman–Crippen MR) is 233 cm³/mol. The second-order valence-electron chi connectivity index (χ2n) is 17.5. The summed E-state index contributed by atoms with van der Waals surface area (Å²) in [5.41, 5.74) is 0. The zero-order chi connectivity index (χ0) is 40.5. The lowest BCUT2D eigenvalue weighted by atomic mass is 10.00. The average Bonchev–Trinajstić information content (AvgIpc) is 3.17. The molecule has 6 nitrogen and oxygen atoms in total. The first-order chi connectivity index (χ1) is 26.8. The number of carbonyl (C=O) groups is 3. The maximum absolute atomic E-state index is 12.7. The van der Waals surface area contributed by atoms with E-state index in [0.29, 0.717) is 19.3 Å². The number of esters is 3. The van der Waals surface area contributed by atoms with Gasteiger partial charge in [-0.25, -0.2) is 0 Å². The summed E-state index contributed by atoms with van der Waals surface area (Å²) >= 11 is 0. The van der Waals surface area contributed by atoms with Crippen molar-refractivity contribution in [3.8, 4) is 0 Å². The van der Waals surface area contributed by atoms with Gasteiger partial charge in [-0.2, -0.15) is 0 Å². The second-order valence-corrected chi connectivity index (χ2v) is 17.5. The molecule has 0 heterocycles. The summed E-state index contributed by atoms with van der Waals surface area (Å²) in [5.74, 6) is 0.711. The van der Waals surface area contributed by atoms with Crippen LogP contribution in [0.15, 0.2) is 0 Å². The molecule has 55 heavy (non-hydrogen) atoms. The number of ether oxygens (including phenoxy) is 3. The molecule has 1 unspecified atom stereocenters. The Morgan fingerprint density at radius 2 is 0.691 bits per heavy atom. The zero-order valence-electron chi connectivity index (χ0n) is 37.6. The van der Waals surface area contributed by atoms with Crippen LogP contribution in [0.1, 0.15) is 266 Å². The van der Waals surface area contributed by atoms with Gasteiger partial charge in [0.25, 0.3) is 0 Å². The van der Waals surface area contributed by atoms with Crippen LogP contribution in [0.25, 0.3) is 0 Å². The van der Waals surface area contributed by atoms with Gasteiger partial charge in [0.05, 0.1) is 0 Å². The molecule has 0 aromatic carbocycles. The highest BCUT2D eigenvalue weighted by atomic mass is 16.6. The number of rotatable bonds is 43. The first-order valence-corrected chi connectivity index (χ1v) is 24.3. The molecule has 0 saturated heterocycles. The second kappa shape index (κ2) is 42.0. The van der Waals surface area contributed by atoms with E-state index in [1.54, 1.807) is 0 Å². The third kappa shape index (κ3) is 41.9. The lowest BCUT2D eigenvalue weighted by molar-refractivity contribution is -0.167. The van der Waals surface area contributed by atoms with Crippen LogP contribution in [-0.4, -0.2) is 37.2 Å². The maximum atomic E-state index is 12.7. The minimum atomic E-state index is -0.762. The van der Waals surface area contributed by atoms with Crippen molar-refractivity contribution in [1.29, 1.82) is 0 Å². The van der Waals surface area contributed by atoms with E-state index >= 15 is 0 Å². The zero-order valence-corrected chi connectivity index (χ0v) is 37.6. The van der Waals surface area contributed by atoms with Crippen molar-refractivity contribution in [3.63, 3.8) is 0 Å². The highest BCUT2D eigenvalue weighted by Gasteiger charge is 2.19. The SMILES string of the molecule is CCCCCCCCCCCCCCCCCCCCC(=O)OC[C@H](COC(=O)CCCCCCCCC(C)CC)OC(=O)CCCCCCCCC(C)C. The summed E-state index contributed by atoms with van der Waals surface area (Å²) in [5, 5.41) is 0. The van der Waals surface area contributed by atoms with Crippen molar-refractivity contribution in [3.05, 3.63) is 0 Å². The van der Waals surface area contributed by atoms with Crippen molar-refractivity contribution in [2.75, 3.05) is 13.2 Å². The fourth-order valence-corrected chi connectivity index (χ4v) is 7.25. The number of unbranched alkanes of at least 4 members (excludes halogenated alkanes) is 27. The Hall–Kier alpha value is -1.59. The fourth-order valence-electron chi connectivity index (χ4n) is 7.25. The standard InChI is InChI=1S/C49H94O6/c1-6-8-9-10-11-12-13-14-15-16-17-18-19-20-21-22-29-34-39-47(50)53-42-46(55-49(52)41-36-31-25-23-27-32-37-44(3)4)43-54-48(51)40-35-30-26-24-28-33-38-45(5)7-2/h44-46H,6-43H2,1-5H3/t45?,46-/m1/s1. The van der Waals surface area contributed by atoms with E-state index in [1.807, 2.05) is 0 Å². The molecule has 0 N–H and O–H groups in total. The fraction of sp³-hybridized carbons (Fsp3) is 0.939. The van der Waals surface area contributed by atoms with E-state index in [9.17, 15) is 14.4 Å². The van der Waals surface area contributed by atoms with Crippen LogP contribution in [0, 0.1) is 11.8 Å². The van der Waals surface area contributed by atoms with Crippen LogP contribution in [0.2, 0.25) is 0 Å². The lowest BCUT2D eigenvalue weighted by Gasteiger charge is -2.18. The van der Waals surface area contributed by atoms with Crippen molar-refractivity contribution in [2.45, 2.75) is 272 Å². The Balaban J connectivity index is 4.22. The molecule has 0 saturated carbocycles. The van der Waals surface area contributed by atoms with E-state index in [2.05, 4.69) is 34.6 Å². The lowest BCUT2D eigenvalue weighted by Crippen LogP contribution is -2.30. The van der Waals surface area contributed by atoms with Gasteiger partial charge in [-0.1, -0.05) is 227 Å². The Kier molecular flexibility index (Phi) is 40.8. The molecule has 0 aliphatic heterocycles. The topological polar surface area (TPSA) is 78.9 Å². The Labute approximate surface area is 342 Å². The molecular weight excluding hydrogens is 685 g/mol. The normalized spacial score (nSPS) is 12.5. The molecule has 0 aliphatic rings. The van der Waals surface area contributed by atoms with Crippen LogP contribution < -0.4 is 0 Å². The molecule has 0 radical (unpaired) electrons. The Morgan fingerprint density at radius 1 is 0.382 bits per heavy atom. The predicted octanol–water partition coefficient (Wildman–Crippen LogP) is 15.4. The van der Waals surface area contributed by atoms with Gasteiger partial charge < -0.3 is 14.2 Å². The van der Waals surface area contributed by atoms with Crippen LogP contribution in [0.4, 0.5) is 0 Å². The molecular formula is C49H94O6. The molecule has 0 aromatic heterocycles. The van der Waals surface area contributed by atoms with Crippen molar-refractivity contribution in [1.82, 2.24) is 0 Å². The average molecular weight is 779 g/mol. The molecule has 0 aliphatic carbocycles. The van der Waals surface area contributed by atoms with Gasteiger partial charge in [0.15, 0.2) is 6.10 Å². The maximum Gasteiger partial charge on any atom is 0.306 e. The quantitative estimate of drug-likeness (QED) is 0.0348. The summed E-state index contributed by atoms with van der Waals surface area (Å²) in [6, 6.07) is 0. The van der Waals surface area contributed by atoms with Gasteiger partial charge in [0.1, 0.15) is 13.2 Å². The summed E-state index contributed by atoms with van der Waals surface area (Å²) in [6.07, 6.45) is 41.1. The molecule has 0 amide bonds. The van der Waals surface area contributed by atoms with Gasteiger partial charge in [0.2, 0.25) is 0 Å². The Morgan fingerprint density at radius 3 is 1.04 bits per heavy atom. The number of hydrogen-bond acceptors (Lipinski definition) is 6. The Bertz CT molecular complexity index is 841. The van der Waals surface area contributed by atoms with E-state index in [1.165, 1.54) is 154 Å². The van der Waals surface area contributed by atoms with Gasteiger partial charge >= 0.3 is 17.9 Å². The smallest absolute Gasteiger partial charge is 0.306 e. The van der Waals surface area contributed by atoms with Crippen molar-refractivity contribution < 1.29 is 28.6 Å². The highest BCUT2D eigenvalue weighted by Crippen LogP contribution is 2.17. The molecule has 0 aromatic rings. The monoisotopic (exact) mass is 779 g/mol. The molecule has 6 heteroatoms. The largest absolute Gasteiger partial charge is 0.462 e. The number of hydrogen-bond donors (Lipinski definition) is 0. The molecule has 0 bridgehead atoms. The molecule has 0 rings (SSSR count). The van der Waals surface area contributed by atoms with Crippen molar-refractivity contribution in [2.24, 2.45) is 11.8 Å². The summed E-state index contributed by atoms with van der Waals surface area (Å²) in [7, 11) is 0. The first-order valence-electron chi connectivity index (χ1n) is 24.3. The minimum Gasteiger partial charge on any atom is -0.462 e. The minimum absolute atomic E-state index is 0.0661. The van der Waals surface area contributed by atoms with E-state index < -0.39 is 6.10 Å². The van der Waals surface area contributed by atoms with Gasteiger partial charge in [-0.15, -0.1) is 0 Å². The van der Waals surface area contributed by atoms with E-state index in [-0.39, 0.29) is 31.1 Å². The molecule has 0 spiro atoms. The van der Waals surface area contributed by atoms with Gasteiger partial charge in [-0.3, -0.25) is 14.4 Å². The summed E-state index contributed by atoms with van der Waals surface area (Å²) in [6.45, 7) is 11.3. The summed E-state index contributed by atoms with van der Waals surface area (Å²) in [4.78, 5) is 37.7. The van der Waals surface area contributed by atoms with Crippen LogP contribution >= 0.6 is 0 Å². The highest BCUT2D eigenvalue weighted by molar-refractivity contribution is 5.71. The van der Waals surface area contributed by atoms with Crippen LogP contribution in [0.3, 0.4) is 0 Å². The van der Waals surface area contributed by atoms with Crippen LogP contribution in [0.5, 0.6) is 0 Å². The van der Waals surface area contributed by atoms with E-state index in [0.717, 1.165) is 69.6 Å². The van der Waals surface area contributed by atoms with Crippen LogP contribution in [-0.2, 0) is 28.6 Å². The van der Waals surface area contributed by atoms with E-state index in [4.69, 9.17) is 14.2 Å². The number of carbonyl (C=O) groups excluding carboxylic acids is 3.